The average molecular weight is 415 g/mol. The Morgan fingerprint density at radius 3 is 2.55 bits per heavy atom. The standard InChI is InChI=1S/C22H23FN2O3S/c1-4-24-22-25(5-2)21(26)20(29-22)13-16-8-11-18(19(12-16)27-3)28-14-15-6-9-17(23)10-7-15/h6-13H,4-5,14H2,1-3H3/b20-13+,24-22?. The minimum atomic E-state index is -0.281. The van der Waals surface area contributed by atoms with Gasteiger partial charge in [-0.3, -0.25) is 14.7 Å². The predicted molar refractivity (Wildman–Crippen MR) is 115 cm³/mol. The van der Waals surface area contributed by atoms with Gasteiger partial charge in [-0.05, 0) is 67.1 Å². The molecule has 0 saturated carbocycles. The molecule has 2 aromatic rings. The van der Waals surface area contributed by atoms with Gasteiger partial charge in [0.1, 0.15) is 12.4 Å². The van der Waals surface area contributed by atoms with Gasteiger partial charge in [-0.2, -0.15) is 0 Å². The SMILES string of the molecule is CCN=C1S/C(=C/c2ccc(OCc3ccc(F)cc3)c(OC)c2)C(=O)N1CC. The maximum absolute atomic E-state index is 13.0. The number of ether oxygens (including phenoxy) is 2. The van der Waals surface area contributed by atoms with Crippen LogP contribution in [0.3, 0.4) is 0 Å². The van der Waals surface area contributed by atoms with E-state index in [1.165, 1.54) is 23.9 Å². The number of amidine groups is 1. The number of hydrogen-bond donors (Lipinski definition) is 0. The molecule has 0 atom stereocenters. The second-order valence-electron chi connectivity index (χ2n) is 6.24. The third-order valence-corrected chi connectivity index (χ3v) is 5.34. The van der Waals surface area contributed by atoms with Crippen molar-refractivity contribution in [3.8, 4) is 11.5 Å². The lowest BCUT2D eigenvalue weighted by Crippen LogP contribution is -2.28. The van der Waals surface area contributed by atoms with Crippen molar-refractivity contribution < 1.29 is 18.7 Å². The van der Waals surface area contributed by atoms with Crippen molar-refractivity contribution >= 4 is 28.9 Å². The fourth-order valence-corrected chi connectivity index (χ4v) is 3.93. The summed E-state index contributed by atoms with van der Waals surface area (Å²) in [5.41, 5.74) is 1.69. The minimum Gasteiger partial charge on any atom is -0.493 e. The van der Waals surface area contributed by atoms with Gasteiger partial charge >= 0.3 is 0 Å². The Bertz CT molecular complexity index is 942. The highest BCUT2D eigenvalue weighted by atomic mass is 32.2. The zero-order valence-corrected chi connectivity index (χ0v) is 17.5. The summed E-state index contributed by atoms with van der Waals surface area (Å²) >= 11 is 1.38. The molecule has 0 radical (unpaired) electrons. The first-order valence-corrected chi connectivity index (χ1v) is 10.2. The van der Waals surface area contributed by atoms with Crippen LogP contribution in [0.2, 0.25) is 0 Å². The first kappa shape index (κ1) is 20.9. The molecule has 0 unspecified atom stereocenters. The molecule has 2 aromatic carbocycles. The number of nitrogens with zero attached hydrogens (tertiary/aromatic N) is 2. The van der Waals surface area contributed by atoms with E-state index >= 15 is 0 Å². The molecule has 1 heterocycles. The number of carbonyl (C=O) groups is 1. The van der Waals surface area contributed by atoms with E-state index in [0.717, 1.165) is 16.3 Å². The highest BCUT2D eigenvalue weighted by molar-refractivity contribution is 8.18. The number of rotatable bonds is 7. The molecule has 29 heavy (non-hydrogen) atoms. The van der Waals surface area contributed by atoms with Crippen LogP contribution in [0.5, 0.6) is 11.5 Å². The summed E-state index contributed by atoms with van der Waals surface area (Å²) in [6.07, 6.45) is 1.83. The number of methoxy groups -OCH3 is 1. The van der Waals surface area contributed by atoms with Crippen LogP contribution < -0.4 is 9.47 Å². The van der Waals surface area contributed by atoms with E-state index in [-0.39, 0.29) is 11.7 Å². The minimum absolute atomic E-state index is 0.0414. The number of carbonyl (C=O) groups excluding carboxylic acids is 1. The van der Waals surface area contributed by atoms with Crippen LogP contribution in [-0.2, 0) is 11.4 Å². The lowest BCUT2D eigenvalue weighted by Gasteiger charge is -2.12. The summed E-state index contributed by atoms with van der Waals surface area (Å²) in [4.78, 5) is 19.3. The first-order valence-electron chi connectivity index (χ1n) is 9.36. The lowest BCUT2D eigenvalue weighted by atomic mass is 10.1. The Morgan fingerprint density at radius 1 is 1.14 bits per heavy atom. The van der Waals surface area contributed by atoms with E-state index in [0.29, 0.717) is 36.1 Å². The molecular formula is C22H23FN2O3S. The quantitative estimate of drug-likeness (QED) is 0.615. The molecule has 0 aromatic heterocycles. The van der Waals surface area contributed by atoms with Crippen LogP contribution in [-0.4, -0.2) is 36.2 Å². The Labute approximate surface area is 174 Å². The van der Waals surface area contributed by atoms with Crippen LogP contribution in [0, 0.1) is 5.82 Å². The molecule has 0 bridgehead atoms. The molecule has 1 fully saturated rings. The number of thioether (sulfide) groups is 1. The van der Waals surface area contributed by atoms with Crippen molar-refractivity contribution in [2.24, 2.45) is 4.99 Å². The fraction of sp³-hybridized carbons (Fsp3) is 0.273. The topological polar surface area (TPSA) is 51.1 Å². The van der Waals surface area contributed by atoms with E-state index < -0.39 is 0 Å². The van der Waals surface area contributed by atoms with Gasteiger partial charge in [0.05, 0.1) is 12.0 Å². The molecular weight excluding hydrogens is 391 g/mol. The molecule has 0 N–H and O–H groups in total. The predicted octanol–water partition coefficient (Wildman–Crippen LogP) is 4.73. The molecule has 152 valence electrons. The summed E-state index contributed by atoms with van der Waals surface area (Å²) < 4.78 is 24.3. The van der Waals surface area contributed by atoms with Gasteiger partial charge in [-0.15, -0.1) is 0 Å². The zero-order chi connectivity index (χ0) is 20.8. The molecule has 3 rings (SSSR count). The Hall–Kier alpha value is -2.80. The Morgan fingerprint density at radius 2 is 1.90 bits per heavy atom. The fourth-order valence-electron chi connectivity index (χ4n) is 2.83. The molecule has 5 nitrogen and oxygen atoms in total. The van der Waals surface area contributed by atoms with Gasteiger partial charge in [-0.1, -0.05) is 18.2 Å². The summed E-state index contributed by atoms with van der Waals surface area (Å²) in [5.74, 6) is 0.816. The van der Waals surface area contributed by atoms with E-state index in [9.17, 15) is 9.18 Å². The first-order chi connectivity index (χ1) is 14.0. The largest absolute Gasteiger partial charge is 0.493 e. The Kier molecular flexibility index (Phi) is 6.93. The van der Waals surface area contributed by atoms with Crippen LogP contribution in [0.25, 0.3) is 6.08 Å². The Balaban J connectivity index is 1.78. The van der Waals surface area contributed by atoms with Crippen molar-refractivity contribution in [1.82, 2.24) is 4.90 Å². The van der Waals surface area contributed by atoms with Crippen molar-refractivity contribution in [2.75, 3.05) is 20.2 Å². The number of amides is 1. The van der Waals surface area contributed by atoms with Crippen molar-refractivity contribution in [1.29, 1.82) is 0 Å². The highest BCUT2D eigenvalue weighted by Crippen LogP contribution is 2.34. The molecule has 7 heteroatoms. The monoisotopic (exact) mass is 414 g/mol. The van der Waals surface area contributed by atoms with E-state index in [1.54, 1.807) is 30.2 Å². The maximum atomic E-state index is 13.0. The normalized spacial score (nSPS) is 16.7. The lowest BCUT2D eigenvalue weighted by molar-refractivity contribution is -0.122. The summed E-state index contributed by atoms with van der Waals surface area (Å²) in [7, 11) is 1.57. The van der Waals surface area contributed by atoms with E-state index in [4.69, 9.17) is 9.47 Å². The second-order valence-corrected chi connectivity index (χ2v) is 7.25. The van der Waals surface area contributed by atoms with E-state index in [1.807, 2.05) is 32.1 Å². The summed E-state index contributed by atoms with van der Waals surface area (Å²) in [6, 6.07) is 11.7. The van der Waals surface area contributed by atoms with Gasteiger partial charge in [0.2, 0.25) is 0 Å². The molecule has 1 aliphatic rings. The third kappa shape index (κ3) is 4.98. The zero-order valence-electron chi connectivity index (χ0n) is 16.6. The molecule has 1 amide bonds. The van der Waals surface area contributed by atoms with E-state index in [2.05, 4.69) is 4.99 Å². The van der Waals surface area contributed by atoms with Crippen LogP contribution in [0.4, 0.5) is 4.39 Å². The average Bonchev–Trinajstić information content (AvgIpc) is 3.02. The highest BCUT2D eigenvalue weighted by Gasteiger charge is 2.31. The van der Waals surface area contributed by atoms with Gasteiger partial charge < -0.3 is 9.47 Å². The number of likely N-dealkylation sites (N-methyl/N-ethyl adjacent to an activating group) is 1. The number of halogens is 1. The molecule has 1 saturated heterocycles. The molecule has 0 aliphatic carbocycles. The van der Waals surface area contributed by atoms with Crippen molar-refractivity contribution in [2.45, 2.75) is 20.5 Å². The van der Waals surface area contributed by atoms with Crippen LogP contribution in [0.1, 0.15) is 25.0 Å². The van der Waals surface area contributed by atoms with Crippen LogP contribution >= 0.6 is 11.8 Å². The van der Waals surface area contributed by atoms with Crippen molar-refractivity contribution in [3.63, 3.8) is 0 Å². The van der Waals surface area contributed by atoms with Crippen LogP contribution in [0.15, 0.2) is 52.4 Å². The van der Waals surface area contributed by atoms with Gasteiger partial charge in [0, 0.05) is 13.1 Å². The van der Waals surface area contributed by atoms with Gasteiger partial charge in [0.15, 0.2) is 16.7 Å². The molecule has 1 aliphatic heterocycles. The summed E-state index contributed by atoms with van der Waals surface area (Å²) in [5, 5.41) is 0.734. The summed E-state index contributed by atoms with van der Waals surface area (Å²) in [6.45, 7) is 5.40. The number of benzene rings is 2. The van der Waals surface area contributed by atoms with Gasteiger partial charge in [0.25, 0.3) is 5.91 Å². The number of hydrogen-bond acceptors (Lipinski definition) is 5. The third-order valence-electron chi connectivity index (χ3n) is 4.29. The smallest absolute Gasteiger partial charge is 0.266 e. The van der Waals surface area contributed by atoms with Gasteiger partial charge in [-0.25, -0.2) is 4.39 Å². The number of aliphatic imine (C=N–C) groups is 1. The molecule has 0 spiro atoms. The maximum Gasteiger partial charge on any atom is 0.266 e. The van der Waals surface area contributed by atoms with Crippen molar-refractivity contribution in [3.05, 3.63) is 64.3 Å². The second kappa shape index (κ2) is 9.60.